The predicted octanol–water partition coefficient (Wildman–Crippen LogP) is 4.79. The van der Waals surface area contributed by atoms with Gasteiger partial charge in [-0.15, -0.1) is 0 Å². The van der Waals surface area contributed by atoms with Crippen molar-refractivity contribution in [3.05, 3.63) is 81.9 Å². The number of hydrogen-bond donors (Lipinski definition) is 2. The van der Waals surface area contributed by atoms with Gasteiger partial charge in [-0.25, -0.2) is 4.98 Å². The van der Waals surface area contributed by atoms with Gasteiger partial charge in [0, 0.05) is 48.2 Å². The van der Waals surface area contributed by atoms with Crippen molar-refractivity contribution in [1.82, 2.24) is 9.55 Å². The van der Waals surface area contributed by atoms with Gasteiger partial charge < -0.3 is 15.2 Å². The number of nitrogens with one attached hydrogen (secondary N) is 2. The highest BCUT2D eigenvalue weighted by molar-refractivity contribution is 6.05. The summed E-state index contributed by atoms with van der Waals surface area (Å²) >= 11 is 0. The molecular formula is C23H25N5O3. The molecule has 1 fully saturated rings. The standard InChI is InChI=1S/C23H25N5O3/c1-15(2)22-24-10-11-27(22)14-16-4-3-5-19(12-16)26-23(29)17-6-9-20(25-18-7-8-18)21(13-17)28(30)31/h3-6,9-13,15,18,25H,7-8,14H2,1-2H3,(H,26,29). The van der Waals surface area contributed by atoms with E-state index in [1.54, 1.807) is 24.4 Å². The van der Waals surface area contributed by atoms with Crippen LogP contribution in [0.15, 0.2) is 54.9 Å². The molecule has 1 saturated carbocycles. The van der Waals surface area contributed by atoms with E-state index < -0.39 is 4.92 Å². The van der Waals surface area contributed by atoms with Crippen molar-refractivity contribution in [2.24, 2.45) is 0 Å². The Bertz CT molecular complexity index is 1120. The number of nitro groups is 1. The van der Waals surface area contributed by atoms with Crippen molar-refractivity contribution < 1.29 is 9.72 Å². The van der Waals surface area contributed by atoms with E-state index >= 15 is 0 Å². The smallest absolute Gasteiger partial charge is 0.293 e. The van der Waals surface area contributed by atoms with E-state index in [-0.39, 0.29) is 23.2 Å². The third kappa shape index (κ3) is 4.91. The number of benzene rings is 2. The van der Waals surface area contributed by atoms with Crippen molar-refractivity contribution in [3.63, 3.8) is 0 Å². The number of anilines is 2. The minimum atomic E-state index is -0.459. The highest BCUT2D eigenvalue weighted by Crippen LogP contribution is 2.31. The van der Waals surface area contributed by atoms with E-state index in [0.717, 1.165) is 24.2 Å². The highest BCUT2D eigenvalue weighted by atomic mass is 16.6. The summed E-state index contributed by atoms with van der Waals surface area (Å²) in [6.45, 7) is 4.84. The summed E-state index contributed by atoms with van der Waals surface area (Å²) in [5.41, 5.74) is 2.27. The van der Waals surface area contributed by atoms with Gasteiger partial charge in [-0.1, -0.05) is 26.0 Å². The highest BCUT2D eigenvalue weighted by Gasteiger charge is 2.25. The van der Waals surface area contributed by atoms with E-state index in [2.05, 4.69) is 34.0 Å². The number of rotatable bonds is 8. The maximum atomic E-state index is 12.7. The summed E-state index contributed by atoms with van der Waals surface area (Å²) < 4.78 is 2.08. The Labute approximate surface area is 180 Å². The molecule has 0 atom stereocenters. The number of imidazole rings is 1. The van der Waals surface area contributed by atoms with Crippen LogP contribution in [0.5, 0.6) is 0 Å². The molecule has 31 heavy (non-hydrogen) atoms. The van der Waals surface area contributed by atoms with E-state index in [1.807, 2.05) is 24.4 Å². The molecule has 2 aromatic carbocycles. The minimum absolute atomic E-state index is 0.0883. The maximum absolute atomic E-state index is 12.7. The van der Waals surface area contributed by atoms with Gasteiger partial charge in [-0.3, -0.25) is 14.9 Å². The molecule has 0 radical (unpaired) electrons. The van der Waals surface area contributed by atoms with Gasteiger partial charge in [0.2, 0.25) is 0 Å². The third-order valence-electron chi connectivity index (χ3n) is 5.20. The van der Waals surface area contributed by atoms with Crippen molar-refractivity contribution in [3.8, 4) is 0 Å². The van der Waals surface area contributed by atoms with Gasteiger partial charge in [0.1, 0.15) is 11.5 Å². The first-order valence-corrected chi connectivity index (χ1v) is 10.4. The summed E-state index contributed by atoms with van der Waals surface area (Å²) in [4.78, 5) is 28.1. The van der Waals surface area contributed by atoms with Gasteiger partial charge in [0.05, 0.1) is 4.92 Å². The second kappa shape index (κ2) is 8.59. The number of hydrogen-bond acceptors (Lipinski definition) is 5. The van der Waals surface area contributed by atoms with E-state index in [9.17, 15) is 14.9 Å². The molecule has 160 valence electrons. The second-order valence-electron chi connectivity index (χ2n) is 8.13. The predicted molar refractivity (Wildman–Crippen MR) is 120 cm³/mol. The minimum Gasteiger partial charge on any atom is -0.377 e. The quantitative estimate of drug-likeness (QED) is 0.404. The fourth-order valence-electron chi connectivity index (χ4n) is 3.50. The van der Waals surface area contributed by atoms with Crippen LogP contribution >= 0.6 is 0 Å². The largest absolute Gasteiger partial charge is 0.377 e. The molecule has 0 bridgehead atoms. The molecule has 0 aliphatic heterocycles. The van der Waals surface area contributed by atoms with Crippen LogP contribution in [0.3, 0.4) is 0 Å². The second-order valence-corrected chi connectivity index (χ2v) is 8.13. The van der Waals surface area contributed by atoms with Gasteiger partial charge in [-0.2, -0.15) is 0 Å². The van der Waals surface area contributed by atoms with Gasteiger partial charge in [0.25, 0.3) is 11.6 Å². The first kappa shape index (κ1) is 20.6. The van der Waals surface area contributed by atoms with Crippen LogP contribution in [0.2, 0.25) is 0 Å². The molecule has 0 spiro atoms. The summed E-state index contributed by atoms with van der Waals surface area (Å²) in [6, 6.07) is 12.4. The molecule has 2 N–H and O–H groups in total. The van der Waals surface area contributed by atoms with Crippen LogP contribution < -0.4 is 10.6 Å². The van der Waals surface area contributed by atoms with Crippen LogP contribution in [0.25, 0.3) is 0 Å². The Hall–Kier alpha value is -3.68. The lowest BCUT2D eigenvalue weighted by Crippen LogP contribution is -2.13. The summed E-state index contributed by atoms with van der Waals surface area (Å²) in [7, 11) is 0. The third-order valence-corrected chi connectivity index (χ3v) is 5.20. The lowest BCUT2D eigenvalue weighted by molar-refractivity contribution is -0.384. The lowest BCUT2D eigenvalue weighted by Gasteiger charge is -2.12. The zero-order valence-electron chi connectivity index (χ0n) is 17.5. The van der Waals surface area contributed by atoms with E-state index in [1.165, 1.54) is 6.07 Å². The fourth-order valence-corrected chi connectivity index (χ4v) is 3.50. The molecule has 4 rings (SSSR count). The SMILES string of the molecule is CC(C)c1nccn1Cc1cccc(NC(=O)c2ccc(NC3CC3)c([N+](=O)[O-])c2)c1. The number of aromatic nitrogens is 2. The Kier molecular flexibility index (Phi) is 5.70. The number of nitro benzene ring substituents is 1. The number of nitrogens with zero attached hydrogens (tertiary/aromatic N) is 3. The van der Waals surface area contributed by atoms with Crippen LogP contribution in [-0.4, -0.2) is 26.4 Å². The van der Waals surface area contributed by atoms with Crippen LogP contribution in [-0.2, 0) is 6.54 Å². The van der Waals surface area contributed by atoms with E-state index in [0.29, 0.717) is 23.8 Å². The molecule has 1 heterocycles. The van der Waals surface area contributed by atoms with Crippen LogP contribution in [0.1, 0.15) is 54.4 Å². The zero-order valence-corrected chi connectivity index (χ0v) is 17.5. The Balaban J connectivity index is 1.49. The maximum Gasteiger partial charge on any atom is 0.293 e. The van der Waals surface area contributed by atoms with Gasteiger partial charge in [-0.05, 0) is 42.7 Å². The van der Waals surface area contributed by atoms with E-state index in [4.69, 9.17) is 0 Å². The van der Waals surface area contributed by atoms with Crippen molar-refractivity contribution in [1.29, 1.82) is 0 Å². The average Bonchev–Trinajstić information content (AvgIpc) is 3.42. The monoisotopic (exact) mass is 419 g/mol. The molecule has 1 aliphatic carbocycles. The number of carbonyl (C=O) groups excluding carboxylic acids is 1. The molecule has 1 aromatic heterocycles. The normalized spacial score (nSPS) is 13.3. The summed E-state index contributed by atoms with van der Waals surface area (Å²) in [6.07, 6.45) is 5.74. The Morgan fingerprint density at radius 1 is 1.26 bits per heavy atom. The van der Waals surface area contributed by atoms with Gasteiger partial charge in [0.15, 0.2) is 0 Å². The number of amides is 1. The fraction of sp³-hybridized carbons (Fsp3) is 0.304. The number of carbonyl (C=O) groups is 1. The molecule has 1 aliphatic rings. The van der Waals surface area contributed by atoms with Crippen LogP contribution in [0.4, 0.5) is 17.1 Å². The zero-order chi connectivity index (χ0) is 22.0. The lowest BCUT2D eigenvalue weighted by atomic mass is 10.1. The first-order chi connectivity index (χ1) is 14.9. The molecule has 3 aromatic rings. The summed E-state index contributed by atoms with van der Waals surface area (Å²) in [5, 5.41) is 17.4. The molecule has 8 heteroatoms. The topological polar surface area (TPSA) is 102 Å². The van der Waals surface area contributed by atoms with Gasteiger partial charge >= 0.3 is 0 Å². The van der Waals surface area contributed by atoms with Crippen molar-refractivity contribution in [2.75, 3.05) is 10.6 Å². The van der Waals surface area contributed by atoms with Crippen LogP contribution in [0, 0.1) is 10.1 Å². The first-order valence-electron chi connectivity index (χ1n) is 10.4. The molecule has 8 nitrogen and oxygen atoms in total. The molecular weight excluding hydrogens is 394 g/mol. The molecule has 1 amide bonds. The Morgan fingerprint density at radius 2 is 2.06 bits per heavy atom. The Morgan fingerprint density at radius 3 is 2.77 bits per heavy atom. The summed E-state index contributed by atoms with van der Waals surface area (Å²) in [5.74, 6) is 0.927. The van der Waals surface area contributed by atoms with Crippen molar-refractivity contribution >= 4 is 23.0 Å². The van der Waals surface area contributed by atoms with Crippen molar-refractivity contribution in [2.45, 2.75) is 45.2 Å². The average molecular weight is 419 g/mol. The molecule has 0 unspecified atom stereocenters. The molecule has 0 saturated heterocycles.